The Morgan fingerprint density at radius 1 is 1.41 bits per heavy atom. The van der Waals surface area contributed by atoms with E-state index in [2.05, 4.69) is 20.3 Å². The van der Waals surface area contributed by atoms with E-state index in [4.69, 9.17) is 10.3 Å². The van der Waals surface area contributed by atoms with Gasteiger partial charge in [-0.05, 0) is 0 Å². The van der Waals surface area contributed by atoms with Crippen molar-refractivity contribution < 1.29 is 4.52 Å². The molecule has 7 nitrogen and oxygen atoms in total. The van der Waals surface area contributed by atoms with Gasteiger partial charge in [0.2, 0.25) is 11.8 Å². The molecular formula is C9H14N6OS. The molecule has 0 atom stereocenters. The Balaban J connectivity index is 2.00. The molecule has 0 spiro atoms. The first-order valence-electron chi connectivity index (χ1n) is 5.18. The Labute approximate surface area is 103 Å². The van der Waals surface area contributed by atoms with Gasteiger partial charge in [0.25, 0.3) is 0 Å². The summed E-state index contributed by atoms with van der Waals surface area (Å²) in [5, 5.41) is 12.3. The van der Waals surface area contributed by atoms with Gasteiger partial charge in [-0.3, -0.25) is 4.57 Å². The van der Waals surface area contributed by atoms with Gasteiger partial charge in [0.05, 0.1) is 5.75 Å². The number of nitrogens with zero attached hydrogens (tertiary/aromatic N) is 5. The van der Waals surface area contributed by atoms with Crippen molar-refractivity contribution in [3.8, 4) is 0 Å². The van der Waals surface area contributed by atoms with Crippen LogP contribution in [0.3, 0.4) is 0 Å². The van der Waals surface area contributed by atoms with Crippen LogP contribution < -0.4 is 5.73 Å². The number of anilines is 1. The van der Waals surface area contributed by atoms with Gasteiger partial charge in [-0.15, -0.1) is 10.2 Å². The van der Waals surface area contributed by atoms with Gasteiger partial charge in [0, 0.05) is 13.0 Å². The molecule has 8 heteroatoms. The monoisotopic (exact) mass is 254 g/mol. The van der Waals surface area contributed by atoms with Crippen LogP contribution in [-0.4, -0.2) is 24.9 Å². The molecule has 2 rings (SSSR count). The fourth-order valence-electron chi connectivity index (χ4n) is 1.14. The normalized spacial score (nSPS) is 11.3. The maximum atomic E-state index is 5.58. The first-order chi connectivity index (χ1) is 8.08. The van der Waals surface area contributed by atoms with E-state index < -0.39 is 0 Å². The number of aromatic nitrogens is 5. The van der Waals surface area contributed by atoms with Crippen molar-refractivity contribution in [2.24, 2.45) is 7.05 Å². The van der Waals surface area contributed by atoms with Crippen molar-refractivity contribution in [2.75, 3.05) is 5.73 Å². The van der Waals surface area contributed by atoms with E-state index in [0.717, 1.165) is 11.0 Å². The summed E-state index contributed by atoms with van der Waals surface area (Å²) in [7, 11) is 1.81. The average Bonchev–Trinajstić information content (AvgIpc) is 2.86. The van der Waals surface area contributed by atoms with E-state index in [1.165, 1.54) is 11.8 Å². The maximum absolute atomic E-state index is 5.58. The summed E-state index contributed by atoms with van der Waals surface area (Å²) in [4.78, 5) is 4.27. The minimum Gasteiger partial charge on any atom is -0.368 e. The molecule has 0 amide bonds. The van der Waals surface area contributed by atoms with E-state index in [1.54, 1.807) is 4.57 Å². The molecule has 0 bridgehead atoms. The first-order valence-corrected chi connectivity index (χ1v) is 6.16. The number of rotatable bonds is 4. The predicted octanol–water partition coefficient (Wildman–Crippen LogP) is 1.20. The van der Waals surface area contributed by atoms with Crippen LogP contribution in [0.1, 0.15) is 31.5 Å². The number of thioether (sulfide) groups is 1. The number of nitrogens with two attached hydrogens (primary N) is 1. The van der Waals surface area contributed by atoms with Crippen LogP contribution in [-0.2, 0) is 12.8 Å². The van der Waals surface area contributed by atoms with Crippen molar-refractivity contribution in [1.82, 2.24) is 24.9 Å². The fourth-order valence-corrected chi connectivity index (χ4v) is 1.89. The number of hydrogen-bond acceptors (Lipinski definition) is 7. The van der Waals surface area contributed by atoms with E-state index in [9.17, 15) is 0 Å². The Morgan fingerprint density at radius 2 is 2.18 bits per heavy atom. The van der Waals surface area contributed by atoms with Gasteiger partial charge in [-0.1, -0.05) is 30.8 Å². The zero-order chi connectivity index (χ0) is 12.4. The van der Waals surface area contributed by atoms with Crippen LogP contribution in [0.25, 0.3) is 0 Å². The van der Waals surface area contributed by atoms with E-state index >= 15 is 0 Å². The van der Waals surface area contributed by atoms with Gasteiger partial charge in [-0.25, -0.2) is 0 Å². The molecule has 0 aliphatic carbocycles. The molecule has 2 N–H and O–H groups in total. The van der Waals surface area contributed by atoms with Crippen LogP contribution in [0.2, 0.25) is 0 Å². The highest BCUT2D eigenvalue weighted by Crippen LogP contribution is 2.21. The Kier molecular flexibility index (Phi) is 3.32. The topological polar surface area (TPSA) is 95.6 Å². The third kappa shape index (κ3) is 2.57. The zero-order valence-corrected chi connectivity index (χ0v) is 10.7. The van der Waals surface area contributed by atoms with Crippen molar-refractivity contribution in [3.05, 3.63) is 11.7 Å². The molecule has 0 aliphatic rings. The first kappa shape index (κ1) is 11.9. The number of hydrogen-bond donors (Lipinski definition) is 1. The second-order valence-corrected chi connectivity index (χ2v) is 4.83. The molecule has 0 saturated carbocycles. The molecule has 17 heavy (non-hydrogen) atoms. The van der Waals surface area contributed by atoms with Crippen molar-refractivity contribution in [3.63, 3.8) is 0 Å². The second kappa shape index (κ2) is 4.74. The van der Waals surface area contributed by atoms with Gasteiger partial charge in [0.1, 0.15) is 0 Å². The predicted molar refractivity (Wildman–Crippen MR) is 63.4 cm³/mol. The Bertz CT molecular complexity index is 505. The third-order valence-corrected chi connectivity index (χ3v) is 3.20. The summed E-state index contributed by atoms with van der Waals surface area (Å²) >= 11 is 1.46. The molecule has 2 aromatic rings. The SMILES string of the molecule is CC(C)c1noc(CSc2nnc(N)n2C)n1. The second-order valence-electron chi connectivity index (χ2n) is 3.89. The zero-order valence-electron chi connectivity index (χ0n) is 9.91. The molecule has 0 saturated heterocycles. The van der Waals surface area contributed by atoms with Crippen LogP contribution >= 0.6 is 11.8 Å². The summed E-state index contributed by atoms with van der Waals surface area (Å²) in [5.41, 5.74) is 5.58. The standard InChI is InChI=1S/C9H14N6OS/c1-5(2)7-11-6(16-14-7)4-17-9-13-12-8(10)15(9)3/h5H,4H2,1-3H3,(H2,10,12). The van der Waals surface area contributed by atoms with E-state index in [-0.39, 0.29) is 5.92 Å². The van der Waals surface area contributed by atoms with Crippen LogP contribution in [0, 0.1) is 0 Å². The van der Waals surface area contributed by atoms with Crippen LogP contribution in [0.15, 0.2) is 9.68 Å². The summed E-state index contributed by atoms with van der Waals surface area (Å²) in [6, 6.07) is 0. The molecule has 2 aromatic heterocycles. The Hall–Kier alpha value is -1.57. The van der Waals surface area contributed by atoms with Crippen molar-refractivity contribution in [2.45, 2.75) is 30.7 Å². The Morgan fingerprint density at radius 3 is 2.71 bits per heavy atom. The summed E-state index contributed by atoms with van der Waals surface area (Å²) in [5.74, 6) is 2.52. The lowest BCUT2D eigenvalue weighted by Crippen LogP contribution is -1.98. The van der Waals surface area contributed by atoms with E-state index in [1.807, 2.05) is 20.9 Å². The molecule has 0 unspecified atom stereocenters. The maximum Gasteiger partial charge on any atom is 0.237 e. The highest BCUT2D eigenvalue weighted by atomic mass is 32.2. The molecule has 2 heterocycles. The molecule has 0 radical (unpaired) electrons. The van der Waals surface area contributed by atoms with Crippen LogP contribution in [0.4, 0.5) is 5.95 Å². The third-order valence-electron chi connectivity index (χ3n) is 2.19. The molecule has 0 aliphatic heterocycles. The van der Waals surface area contributed by atoms with E-state index in [0.29, 0.717) is 17.6 Å². The van der Waals surface area contributed by atoms with Crippen molar-refractivity contribution >= 4 is 17.7 Å². The summed E-state index contributed by atoms with van der Waals surface area (Å²) < 4.78 is 6.84. The van der Waals surface area contributed by atoms with Gasteiger partial charge in [0.15, 0.2) is 11.0 Å². The summed E-state index contributed by atoms with van der Waals surface area (Å²) in [6.07, 6.45) is 0. The average molecular weight is 254 g/mol. The molecule has 92 valence electrons. The molecule has 0 aromatic carbocycles. The fraction of sp³-hybridized carbons (Fsp3) is 0.556. The van der Waals surface area contributed by atoms with Gasteiger partial charge in [-0.2, -0.15) is 4.98 Å². The summed E-state index contributed by atoms with van der Waals surface area (Å²) in [6.45, 7) is 4.04. The minimum absolute atomic E-state index is 0.267. The number of nitrogen functional groups attached to an aromatic ring is 1. The highest BCUT2D eigenvalue weighted by molar-refractivity contribution is 7.98. The smallest absolute Gasteiger partial charge is 0.237 e. The quantitative estimate of drug-likeness (QED) is 0.819. The van der Waals surface area contributed by atoms with Gasteiger partial charge >= 0.3 is 0 Å². The lowest BCUT2D eigenvalue weighted by Gasteiger charge is -1.97. The molecule has 0 fully saturated rings. The van der Waals surface area contributed by atoms with Crippen molar-refractivity contribution in [1.29, 1.82) is 0 Å². The van der Waals surface area contributed by atoms with Gasteiger partial charge < -0.3 is 10.3 Å². The largest absolute Gasteiger partial charge is 0.368 e. The highest BCUT2D eigenvalue weighted by Gasteiger charge is 2.12. The van der Waals surface area contributed by atoms with Crippen LogP contribution in [0.5, 0.6) is 0 Å². The minimum atomic E-state index is 0.267. The lowest BCUT2D eigenvalue weighted by atomic mass is 10.2. The lowest BCUT2D eigenvalue weighted by molar-refractivity contribution is 0.382. The molecular weight excluding hydrogens is 240 g/mol.